The van der Waals surface area contributed by atoms with Crippen molar-refractivity contribution >= 4 is 0 Å². The van der Waals surface area contributed by atoms with Gasteiger partial charge in [0.2, 0.25) is 6.33 Å². The van der Waals surface area contributed by atoms with Crippen molar-refractivity contribution in [2.24, 2.45) is 12.5 Å². The van der Waals surface area contributed by atoms with E-state index >= 15 is 0 Å². The van der Waals surface area contributed by atoms with Crippen molar-refractivity contribution in [1.29, 1.82) is 0 Å². The molecule has 1 aromatic heterocycles. The third-order valence-electron chi connectivity index (χ3n) is 4.55. The summed E-state index contributed by atoms with van der Waals surface area (Å²) in [5, 5.41) is 0. The molecule has 1 heterocycles. The highest BCUT2D eigenvalue weighted by Gasteiger charge is 2.19. The van der Waals surface area contributed by atoms with Gasteiger partial charge < -0.3 is 0 Å². The average Bonchev–Trinajstić information content (AvgIpc) is 2.84. The molecule has 1 atom stereocenters. The van der Waals surface area contributed by atoms with Gasteiger partial charge in [-0.15, -0.1) is 0 Å². The van der Waals surface area contributed by atoms with E-state index in [9.17, 15) is 0 Å². The van der Waals surface area contributed by atoms with Crippen LogP contribution in [0.2, 0.25) is 0 Å². The fourth-order valence-electron chi connectivity index (χ4n) is 2.85. The Morgan fingerprint density at radius 3 is 2.38 bits per heavy atom. The summed E-state index contributed by atoms with van der Waals surface area (Å²) in [5.74, 6) is 0.623. The molecule has 0 aliphatic carbocycles. The Hall–Kier alpha value is -1.57. The molecule has 2 heteroatoms. The van der Waals surface area contributed by atoms with Crippen molar-refractivity contribution in [3.05, 3.63) is 54.1 Å². The van der Waals surface area contributed by atoms with Crippen LogP contribution in [0.25, 0.3) is 0 Å². The van der Waals surface area contributed by atoms with Crippen LogP contribution in [0.5, 0.6) is 0 Å². The monoisotopic (exact) mass is 285 g/mol. The molecular formula is C19H29N2+. The summed E-state index contributed by atoms with van der Waals surface area (Å²) in [6.07, 6.45) is 8.78. The highest BCUT2D eigenvalue weighted by Crippen LogP contribution is 2.33. The van der Waals surface area contributed by atoms with Gasteiger partial charge in [-0.3, -0.25) is 0 Å². The Morgan fingerprint density at radius 1 is 1.19 bits per heavy atom. The molecule has 2 nitrogen and oxygen atoms in total. The number of rotatable bonds is 6. The minimum atomic E-state index is 0.429. The van der Waals surface area contributed by atoms with Gasteiger partial charge in [0.1, 0.15) is 18.9 Å². The average molecular weight is 285 g/mol. The molecule has 2 rings (SSSR count). The lowest BCUT2D eigenvalue weighted by Gasteiger charge is -2.26. The Bertz CT molecular complexity index is 564. The fraction of sp³-hybridized carbons (Fsp3) is 0.526. The zero-order chi connectivity index (χ0) is 15.5. The van der Waals surface area contributed by atoms with Crippen LogP contribution in [0.4, 0.5) is 0 Å². The number of aromatic nitrogens is 2. The molecule has 2 aromatic rings. The maximum atomic E-state index is 2.36. The van der Waals surface area contributed by atoms with E-state index in [4.69, 9.17) is 0 Å². The van der Waals surface area contributed by atoms with Gasteiger partial charge in [0.25, 0.3) is 0 Å². The molecule has 0 amide bonds. The summed E-state index contributed by atoms with van der Waals surface area (Å²) in [6, 6.07) is 9.14. The van der Waals surface area contributed by atoms with E-state index in [1.807, 2.05) is 0 Å². The number of hydrogen-bond acceptors (Lipinski definition) is 0. The van der Waals surface area contributed by atoms with Crippen molar-refractivity contribution < 1.29 is 4.57 Å². The van der Waals surface area contributed by atoms with E-state index in [0.717, 1.165) is 6.54 Å². The summed E-state index contributed by atoms with van der Waals surface area (Å²) in [4.78, 5) is 0. The third-order valence-corrected chi connectivity index (χ3v) is 4.55. The lowest BCUT2D eigenvalue weighted by Crippen LogP contribution is -2.23. The normalized spacial score (nSPS) is 13.4. The molecule has 0 aliphatic heterocycles. The van der Waals surface area contributed by atoms with Crippen LogP contribution in [-0.2, 0) is 13.6 Å². The largest absolute Gasteiger partial charge is 0.243 e. The zero-order valence-corrected chi connectivity index (χ0v) is 14.1. The first-order valence-electron chi connectivity index (χ1n) is 7.99. The first-order chi connectivity index (χ1) is 9.89. The Balaban J connectivity index is 2.01. The molecule has 0 N–H and O–H groups in total. The number of nitrogens with zero attached hydrogens (tertiary/aromatic N) is 2. The van der Waals surface area contributed by atoms with E-state index in [2.05, 4.69) is 86.9 Å². The minimum Gasteiger partial charge on any atom is -0.240 e. The van der Waals surface area contributed by atoms with Gasteiger partial charge in [-0.05, 0) is 28.9 Å². The molecule has 1 aromatic carbocycles. The predicted molar refractivity (Wildman–Crippen MR) is 88.3 cm³/mol. The quantitative estimate of drug-likeness (QED) is 0.700. The molecule has 0 spiro atoms. The van der Waals surface area contributed by atoms with Crippen LogP contribution in [-0.4, -0.2) is 4.57 Å². The number of imidazole rings is 1. The molecule has 114 valence electrons. The van der Waals surface area contributed by atoms with Crippen molar-refractivity contribution in [3.63, 3.8) is 0 Å². The van der Waals surface area contributed by atoms with E-state index in [1.54, 1.807) is 0 Å². The highest BCUT2D eigenvalue weighted by atomic mass is 15.1. The first-order valence-corrected chi connectivity index (χ1v) is 7.99. The van der Waals surface area contributed by atoms with Gasteiger partial charge in [0.05, 0.1) is 7.05 Å². The molecular weight excluding hydrogens is 256 g/mol. The minimum absolute atomic E-state index is 0.429. The number of hydrogen-bond donors (Lipinski definition) is 0. The van der Waals surface area contributed by atoms with Crippen LogP contribution < -0.4 is 4.57 Å². The van der Waals surface area contributed by atoms with Gasteiger partial charge in [0, 0.05) is 0 Å². The SMILES string of the molecule is CCC(C)(C)CC(C)c1ccc(Cn2cc[n+](C)c2)cc1. The molecule has 0 saturated heterocycles. The second kappa shape index (κ2) is 6.46. The van der Waals surface area contributed by atoms with Gasteiger partial charge in [-0.1, -0.05) is 58.4 Å². The molecule has 0 radical (unpaired) electrons. The maximum Gasteiger partial charge on any atom is 0.243 e. The van der Waals surface area contributed by atoms with Crippen molar-refractivity contribution in [2.45, 2.75) is 53.0 Å². The van der Waals surface area contributed by atoms with Crippen LogP contribution in [0.15, 0.2) is 43.0 Å². The zero-order valence-electron chi connectivity index (χ0n) is 14.1. The lowest BCUT2D eigenvalue weighted by atomic mass is 9.79. The van der Waals surface area contributed by atoms with Crippen molar-refractivity contribution in [1.82, 2.24) is 4.57 Å². The smallest absolute Gasteiger partial charge is 0.240 e. The third kappa shape index (κ3) is 4.45. The summed E-state index contributed by atoms with van der Waals surface area (Å²) < 4.78 is 4.28. The van der Waals surface area contributed by atoms with E-state index < -0.39 is 0 Å². The van der Waals surface area contributed by atoms with Crippen LogP contribution >= 0.6 is 0 Å². The standard InChI is InChI=1S/C19H29N2/c1-6-19(3,4)13-16(2)18-9-7-17(8-10-18)14-21-12-11-20(5)15-21/h7-12,15-16H,6,13-14H2,1-5H3/q+1. The lowest BCUT2D eigenvalue weighted by molar-refractivity contribution is -0.671. The molecule has 1 unspecified atom stereocenters. The topological polar surface area (TPSA) is 8.81 Å². The second-order valence-corrected chi connectivity index (χ2v) is 7.12. The molecule has 0 aliphatic rings. The first kappa shape index (κ1) is 15.8. The van der Waals surface area contributed by atoms with Gasteiger partial charge in [-0.2, -0.15) is 0 Å². The molecule has 0 saturated carbocycles. The maximum absolute atomic E-state index is 2.36. The van der Waals surface area contributed by atoms with E-state index in [1.165, 1.54) is 24.0 Å². The number of benzene rings is 1. The molecule has 0 fully saturated rings. The van der Waals surface area contributed by atoms with E-state index in [0.29, 0.717) is 11.3 Å². The van der Waals surface area contributed by atoms with Crippen LogP contribution in [0, 0.1) is 5.41 Å². The summed E-state index contributed by atoms with van der Waals surface area (Å²) >= 11 is 0. The Morgan fingerprint density at radius 2 is 1.86 bits per heavy atom. The number of aryl methyl sites for hydroxylation is 1. The van der Waals surface area contributed by atoms with Gasteiger partial charge in [-0.25, -0.2) is 9.13 Å². The Kier molecular flexibility index (Phi) is 4.87. The van der Waals surface area contributed by atoms with Crippen LogP contribution in [0.3, 0.4) is 0 Å². The van der Waals surface area contributed by atoms with E-state index in [-0.39, 0.29) is 0 Å². The van der Waals surface area contributed by atoms with Gasteiger partial charge >= 0.3 is 0 Å². The summed E-state index contributed by atoms with van der Waals surface area (Å²) in [5.41, 5.74) is 3.24. The van der Waals surface area contributed by atoms with Gasteiger partial charge in [0.15, 0.2) is 0 Å². The van der Waals surface area contributed by atoms with Crippen molar-refractivity contribution in [2.75, 3.05) is 0 Å². The highest BCUT2D eigenvalue weighted by molar-refractivity contribution is 5.25. The molecule has 21 heavy (non-hydrogen) atoms. The predicted octanol–water partition coefficient (Wildman–Crippen LogP) is 4.29. The van der Waals surface area contributed by atoms with Crippen LogP contribution in [0.1, 0.15) is 57.6 Å². The Labute approximate surface area is 129 Å². The summed E-state index contributed by atoms with van der Waals surface area (Å²) in [7, 11) is 2.05. The summed E-state index contributed by atoms with van der Waals surface area (Å²) in [6.45, 7) is 10.3. The second-order valence-electron chi connectivity index (χ2n) is 7.12. The fourth-order valence-corrected chi connectivity index (χ4v) is 2.85. The van der Waals surface area contributed by atoms with Crippen molar-refractivity contribution in [3.8, 4) is 0 Å². The molecule has 0 bridgehead atoms.